The molecule has 1 aliphatic rings. The quantitative estimate of drug-likeness (QED) is 0.202. The van der Waals surface area contributed by atoms with Gasteiger partial charge in [-0.2, -0.15) is 0 Å². The molecule has 1 aliphatic carbocycles. The van der Waals surface area contributed by atoms with Crippen LogP contribution in [0.2, 0.25) is 0 Å². The first kappa shape index (κ1) is 27.9. The molecule has 196 valence electrons. The molecule has 0 N–H and O–H groups in total. The topological polar surface area (TPSA) is 42.0 Å². The van der Waals surface area contributed by atoms with E-state index in [9.17, 15) is 4.79 Å². The van der Waals surface area contributed by atoms with Gasteiger partial charge >= 0.3 is 6.09 Å². The molecular formula is C31H44N2O3. The maximum Gasteiger partial charge on any atom is 0.410 e. The van der Waals surface area contributed by atoms with Gasteiger partial charge < -0.3 is 19.3 Å². The average Bonchev–Trinajstić information content (AvgIpc) is 2.91. The van der Waals surface area contributed by atoms with Crippen LogP contribution in [0.3, 0.4) is 0 Å². The first-order valence-electron chi connectivity index (χ1n) is 13.6. The van der Waals surface area contributed by atoms with E-state index in [0.29, 0.717) is 19.3 Å². The molecule has 0 spiro atoms. The molecule has 5 heteroatoms. The second-order valence-electron chi connectivity index (χ2n) is 9.92. The molecule has 36 heavy (non-hydrogen) atoms. The fourth-order valence-electron chi connectivity index (χ4n) is 4.85. The molecule has 0 aromatic heterocycles. The Morgan fingerprint density at radius 2 is 1.56 bits per heavy atom. The fraction of sp³-hybridized carbons (Fsp3) is 0.516. The van der Waals surface area contributed by atoms with Gasteiger partial charge in [0.25, 0.3) is 0 Å². The van der Waals surface area contributed by atoms with E-state index in [4.69, 9.17) is 9.47 Å². The van der Waals surface area contributed by atoms with Crippen molar-refractivity contribution in [2.75, 3.05) is 26.7 Å². The van der Waals surface area contributed by atoms with Gasteiger partial charge in [0, 0.05) is 25.7 Å². The number of hydrogen-bond acceptors (Lipinski definition) is 4. The summed E-state index contributed by atoms with van der Waals surface area (Å²) in [4.78, 5) is 17.4. The van der Waals surface area contributed by atoms with Crippen molar-refractivity contribution < 1.29 is 14.3 Å². The monoisotopic (exact) mass is 492 g/mol. The van der Waals surface area contributed by atoms with Crippen molar-refractivity contribution in [3.63, 3.8) is 0 Å². The predicted molar refractivity (Wildman–Crippen MR) is 147 cm³/mol. The number of likely N-dealkylation sites (N-methyl/N-ethyl adjacent to an activating group) is 1. The van der Waals surface area contributed by atoms with E-state index in [1.165, 1.54) is 19.3 Å². The third-order valence-corrected chi connectivity index (χ3v) is 6.95. The highest BCUT2D eigenvalue weighted by molar-refractivity contribution is 5.68. The van der Waals surface area contributed by atoms with Crippen molar-refractivity contribution in [1.82, 2.24) is 9.80 Å². The van der Waals surface area contributed by atoms with E-state index in [0.717, 1.165) is 62.9 Å². The number of carbonyl (C=O) groups excluding carboxylic acids is 1. The minimum Gasteiger partial charge on any atom is -0.445 e. The van der Waals surface area contributed by atoms with E-state index in [1.54, 1.807) is 0 Å². The van der Waals surface area contributed by atoms with Crippen molar-refractivity contribution in [1.29, 1.82) is 0 Å². The Hall–Kier alpha value is -2.63. The maximum atomic E-state index is 13.1. The molecule has 2 aromatic carbocycles. The number of amides is 1. The van der Waals surface area contributed by atoms with E-state index < -0.39 is 0 Å². The molecule has 0 atom stereocenters. The molecule has 0 heterocycles. The molecule has 1 amide bonds. The largest absolute Gasteiger partial charge is 0.445 e. The minimum atomic E-state index is -0.231. The van der Waals surface area contributed by atoms with Gasteiger partial charge in [-0.1, -0.05) is 79.6 Å². The first-order valence-corrected chi connectivity index (χ1v) is 13.6. The Morgan fingerprint density at radius 3 is 2.22 bits per heavy atom. The van der Waals surface area contributed by atoms with Crippen molar-refractivity contribution >= 4 is 6.09 Å². The van der Waals surface area contributed by atoms with Gasteiger partial charge in [-0.25, -0.2) is 4.79 Å². The lowest BCUT2D eigenvalue weighted by Gasteiger charge is -2.36. The van der Waals surface area contributed by atoms with Crippen LogP contribution in [0.1, 0.15) is 62.5 Å². The number of nitrogens with zero attached hydrogens (tertiary/aromatic N) is 2. The van der Waals surface area contributed by atoms with Gasteiger partial charge in [0.15, 0.2) is 0 Å². The summed E-state index contributed by atoms with van der Waals surface area (Å²) < 4.78 is 11.9. The molecule has 1 fully saturated rings. The third-order valence-electron chi connectivity index (χ3n) is 6.95. The van der Waals surface area contributed by atoms with Crippen molar-refractivity contribution in [3.8, 4) is 0 Å². The fourth-order valence-corrected chi connectivity index (χ4v) is 4.85. The van der Waals surface area contributed by atoms with Crippen LogP contribution in [0.25, 0.3) is 0 Å². The molecule has 0 unspecified atom stereocenters. The molecule has 2 aromatic rings. The Morgan fingerprint density at radius 1 is 0.917 bits per heavy atom. The number of hydrogen-bond donors (Lipinski definition) is 0. The third kappa shape index (κ3) is 10.2. The predicted octanol–water partition coefficient (Wildman–Crippen LogP) is 6.83. The zero-order chi connectivity index (χ0) is 25.4. The lowest BCUT2D eigenvalue weighted by atomic mass is 9.91. The van der Waals surface area contributed by atoms with Crippen LogP contribution in [-0.2, 0) is 22.6 Å². The van der Waals surface area contributed by atoms with Crippen LogP contribution in [0, 0.1) is 0 Å². The number of carbonyl (C=O) groups is 1. The van der Waals surface area contributed by atoms with Crippen LogP contribution in [0.4, 0.5) is 4.79 Å². The molecule has 0 bridgehead atoms. The van der Waals surface area contributed by atoms with Gasteiger partial charge in [0.1, 0.15) is 6.61 Å². The smallest absolute Gasteiger partial charge is 0.410 e. The van der Waals surface area contributed by atoms with Gasteiger partial charge in [0.05, 0.1) is 6.10 Å². The summed E-state index contributed by atoms with van der Waals surface area (Å²) in [5.41, 5.74) is 2.13. The number of ether oxygens (including phenoxy) is 2. The van der Waals surface area contributed by atoms with Gasteiger partial charge in [0.2, 0.25) is 0 Å². The number of benzene rings is 2. The Bertz CT molecular complexity index is 866. The highest BCUT2D eigenvalue weighted by atomic mass is 16.6. The highest BCUT2D eigenvalue weighted by Crippen LogP contribution is 2.27. The SMILES string of the molecule is C=CCN(C)CCCCCCOC1CCC(N(Cc2ccccc2)C(=O)OCc2ccccc2)CC1. The van der Waals surface area contributed by atoms with E-state index in [2.05, 4.69) is 30.7 Å². The normalized spacial score (nSPS) is 17.6. The van der Waals surface area contributed by atoms with Crippen molar-refractivity contribution in [2.45, 2.75) is 76.7 Å². The summed E-state index contributed by atoms with van der Waals surface area (Å²) in [6, 6.07) is 20.2. The van der Waals surface area contributed by atoms with E-state index in [-0.39, 0.29) is 12.1 Å². The highest BCUT2D eigenvalue weighted by Gasteiger charge is 2.30. The lowest BCUT2D eigenvalue weighted by Crippen LogP contribution is -2.43. The van der Waals surface area contributed by atoms with Crippen LogP contribution < -0.4 is 0 Å². The molecule has 0 aliphatic heterocycles. The summed E-state index contributed by atoms with van der Waals surface area (Å²) >= 11 is 0. The van der Waals surface area contributed by atoms with E-state index >= 15 is 0 Å². The summed E-state index contributed by atoms with van der Waals surface area (Å²) in [6.07, 6.45) is 10.7. The van der Waals surface area contributed by atoms with Gasteiger partial charge in [-0.3, -0.25) is 0 Å². The molecule has 0 saturated heterocycles. The van der Waals surface area contributed by atoms with Crippen LogP contribution in [0.5, 0.6) is 0 Å². The standard InChI is InChI=1S/C31H44N2O3/c1-3-22-32(2)23-12-4-5-13-24-35-30-20-18-29(19-21-30)33(25-27-14-8-6-9-15-27)31(34)36-26-28-16-10-7-11-17-28/h3,6-11,14-17,29-30H,1,4-5,12-13,18-26H2,2H3. The van der Waals surface area contributed by atoms with Crippen LogP contribution in [-0.4, -0.2) is 54.8 Å². The summed E-state index contributed by atoms with van der Waals surface area (Å²) in [5.74, 6) is 0. The van der Waals surface area contributed by atoms with Crippen LogP contribution >= 0.6 is 0 Å². The average molecular weight is 493 g/mol. The molecular weight excluding hydrogens is 448 g/mol. The lowest BCUT2D eigenvalue weighted by molar-refractivity contribution is 0.00195. The maximum absolute atomic E-state index is 13.1. The summed E-state index contributed by atoms with van der Waals surface area (Å²) in [7, 11) is 2.14. The van der Waals surface area contributed by atoms with Crippen molar-refractivity contribution in [2.24, 2.45) is 0 Å². The zero-order valence-electron chi connectivity index (χ0n) is 22.0. The zero-order valence-corrected chi connectivity index (χ0v) is 22.0. The van der Waals surface area contributed by atoms with Crippen LogP contribution in [0.15, 0.2) is 73.3 Å². The summed E-state index contributed by atoms with van der Waals surface area (Å²) in [5, 5.41) is 0. The molecule has 5 nitrogen and oxygen atoms in total. The second kappa shape index (κ2) is 16.2. The summed E-state index contributed by atoms with van der Waals surface area (Å²) in [6.45, 7) is 7.59. The molecule has 0 radical (unpaired) electrons. The van der Waals surface area contributed by atoms with Gasteiger partial charge in [-0.05, 0) is 63.2 Å². The Kier molecular flexibility index (Phi) is 12.6. The minimum absolute atomic E-state index is 0.181. The van der Waals surface area contributed by atoms with Gasteiger partial charge in [-0.15, -0.1) is 6.58 Å². The first-order chi connectivity index (χ1) is 17.7. The van der Waals surface area contributed by atoms with Crippen molar-refractivity contribution in [3.05, 3.63) is 84.4 Å². The Balaban J connectivity index is 1.40. The number of unbranched alkanes of at least 4 members (excludes halogenated alkanes) is 3. The molecule has 1 saturated carbocycles. The number of rotatable bonds is 15. The molecule has 3 rings (SSSR count). The Labute approximate surface area is 218 Å². The van der Waals surface area contributed by atoms with E-state index in [1.807, 2.05) is 59.5 Å². The second-order valence-corrected chi connectivity index (χ2v) is 9.92.